The van der Waals surface area contributed by atoms with Crippen LogP contribution >= 0.6 is 0 Å². The molecule has 2 N–H and O–H groups in total. The molecule has 0 bridgehead atoms. The van der Waals surface area contributed by atoms with Gasteiger partial charge in [-0.1, -0.05) is 24.3 Å². The molecule has 0 saturated carbocycles. The van der Waals surface area contributed by atoms with Crippen LogP contribution in [-0.2, 0) is 17.9 Å². The summed E-state index contributed by atoms with van der Waals surface area (Å²) in [6, 6.07) is 13.1. The smallest absolute Gasteiger partial charge is 0.244 e. The van der Waals surface area contributed by atoms with Gasteiger partial charge in [-0.15, -0.1) is 0 Å². The first-order chi connectivity index (χ1) is 11.0. The van der Waals surface area contributed by atoms with Crippen LogP contribution in [0.4, 0.5) is 10.1 Å². The molecular formula is C18H21FN2O2. The van der Waals surface area contributed by atoms with Gasteiger partial charge in [0.1, 0.15) is 11.9 Å². The first-order valence-corrected chi connectivity index (χ1v) is 7.45. The van der Waals surface area contributed by atoms with Crippen molar-refractivity contribution >= 4 is 11.6 Å². The van der Waals surface area contributed by atoms with Crippen LogP contribution in [0.15, 0.2) is 48.5 Å². The summed E-state index contributed by atoms with van der Waals surface area (Å²) in [5, 5.41) is 12.3. The van der Waals surface area contributed by atoms with E-state index >= 15 is 0 Å². The van der Waals surface area contributed by atoms with Gasteiger partial charge in [0.25, 0.3) is 0 Å². The van der Waals surface area contributed by atoms with E-state index in [-0.39, 0.29) is 18.3 Å². The topological polar surface area (TPSA) is 52.6 Å². The molecule has 2 aromatic rings. The zero-order chi connectivity index (χ0) is 16.8. The fraction of sp³-hybridized carbons (Fsp3) is 0.278. The molecule has 0 saturated heterocycles. The lowest BCUT2D eigenvalue weighted by Gasteiger charge is -2.23. The highest BCUT2D eigenvalue weighted by atomic mass is 19.1. The van der Waals surface area contributed by atoms with Crippen molar-refractivity contribution in [2.45, 2.75) is 26.1 Å². The molecule has 0 aliphatic rings. The molecule has 0 fully saturated rings. The summed E-state index contributed by atoms with van der Waals surface area (Å²) in [5.74, 6) is -0.404. The molecule has 1 atom stereocenters. The van der Waals surface area contributed by atoms with E-state index in [4.69, 9.17) is 5.11 Å². The molecule has 0 aromatic heterocycles. The first-order valence-electron chi connectivity index (χ1n) is 7.45. The Bertz CT molecular complexity index is 676. The van der Waals surface area contributed by atoms with Crippen molar-refractivity contribution < 1.29 is 14.3 Å². The van der Waals surface area contributed by atoms with Crippen LogP contribution in [-0.4, -0.2) is 29.0 Å². The third kappa shape index (κ3) is 4.79. The van der Waals surface area contributed by atoms with Gasteiger partial charge < -0.3 is 15.3 Å². The lowest BCUT2D eigenvalue weighted by Crippen LogP contribution is -2.38. The molecule has 5 heteroatoms. The van der Waals surface area contributed by atoms with Crippen molar-refractivity contribution in [3.05, 3.63) is 65.5 Å². The van der Waals surface area contributed by atoms with E-state index in [1.54, 1.807) is 37.1 Å². The molecule has 4 nitrogen and oxygen atoms in total. The van der Waals surface area contributed by atoms with Crippen LogP contribution in [0, 0.1) is 5.82 Å². The van der Waals surface area contributed by atoms with Crippen LogP contribution in [0.3, 0.4) is 0 Å². The standard InChI is InChI=1S/C18H21FN2O2/c1-13(20-17-8-4-6-15(10-17)12-22)18(23)21(2)11-14-5-3-7-16(19)9-14/h3-10,13,20,22H,11-12H2,1-2H3/t13-/m1/s1. The van der Waals surface area contributed by atoms with Crippen molar-refractivity contribution in [3.63, 3.8) is 0 Å². The number of carbonyl (C=O) groups excluding carboxylic acids is 1. The Hall–Kier alpha value is -2.40. The SMILES string of the molecule is C[C@@H](Nc1cccc(CO)c1)C(=O)N(C)Cc1cccc(F)c1. The predicted molar refractivity (Wildman–Crippen MR) is 88.3 cm³/mol. The molecule has 1 amide bonds. The molecule has 23 heavy (non-hydrogen) atoms. The number of nitrogens with one attached hydrogen (secondary N) is 1. The number of benzene rings is 2. The number of anilines is 1. The quantitative estimate of drug-likeness (QED) is 0.861. The van der Waals surface area contributed by atoms with Crippen molar-refractivity contribution in [1.82, 2.24) is 4.90 Å². The number of amides is 1. The Balaban J connectivity index is 1.98. The Morgan fingerprint density at radius 1 is 1.22 bits per heavy atom. The zero-order valence-corrected chi connectivity index (χ0v) is 13.3. The van der Waals surface area contributed by atoms with E-state index in [1.165, 1.54) is 12.1 Å². The number of likely N-dealkylation sites (N-methyl/N-ethyl adjacent to an activating group) is 1. The summed E-state index contributed by atoms with van der Waals surface area (Å²) in [5.41, 5.74) is 2.30. The predicted octanol–water partition coefficient (Wildman–Crippen LogP) is 2.78. The second kappa shape index (κ2) is 7.74. The highest BCUT2D eigenvalue weighted by Crippen LogP contribution is 2.13. The molecule has 0 unspecified atom stereocenters. The van der Waals surface area contributed by atoms with Crippen LogP contribution in [0.5, 0.6) is 0 Å². The number of aliphatic hydroxyl groups excluding tert-OH is 1. The lowest BCUT2D eigenvalue weighted by molar-refractivity contribution is -0.130. The Labute approximate surface area is 135 Å². The normalized spacial score (nSPS) is 11.8. The lowest BCUT2D eigenvalue weighted by atomic mass is 10.1. The maximum absolute atomic E-state index is 13.2. The molecule has 122 valence electrons. The van der Waals surface area contributed by atoms with Gasteiger partial charge in [-0.2, -0.15) is 0 Å². The van der Waals surface area contributed by atoms with Gasteiger partial charge in [0.2, 0.25) is 5.91 Å². The number of hydrogen-bond donors (Lipinski definition) is 2. The number of hydrogen-bond acceptors (Lipinski definition) is 3. The van der Waals surface area contributed by atoms with Gasteiger partial charge in [-0.05, 0) is 42.3 Å². The molecule has 0 aliphatic heterocycles. The van der Waals surface area contributed by atoms with E-state index in [1.807, 2.05) is 18.2 Å². The fourth-order valence-electron chi connectivity index (χ4n) is 2.39. The van der Waals surface area contributed by atoms with Crippen molar-refractivity contribution in [2.75, 3.05) is 12.4 Å². The Morgan fingerprint density at radius 2 is 1.91 bits per heavy atom. The average Bonchev–Trinajstić information content (AvgIpc) is 2.54. The summed E-state index contributed by atoms with van der Waals surface area (Å²) in [7, 11) is 1.69. The van der Waals surface area contributed by atoms with Crippen LogP contribution in [0.25, 0.3) is 0 Å². The Kier molecular flexibility index (Phi) is 5.71. The van der Waals surface area contributed by atoms with Crippen molar-refractivity contribution in [3.8, 4) is 0 Å². The number of nitrogens with zero attached hydrogens (tertiary/aromatic N) is 1. The second-order valence-corrected chi connectivity index (χ2v) is 5.55. The van der Waals surface area contributed by atoms with E-state index in [2.05, 4.69) is 5.32 Å². The van der Waals surface area contributed by atoms with Gasteiger partial charge in [-0.25, -0.2) is 4.39 Å². The minimum Gasteiger partial charge on any atom is -0.392 e. The largest absolute Gasteiger partial charge is 0.392 e. The van der Waals surface area contributed by atoms with Gasteiger partial charge in [0.05, 0.1) is 6.61 Å². The molecule has 0 spiro atoms. The summed E-state index contributed by atoms with van der Waals surface area (Å²) in [6.45, 7) is 2.08. The first kappa shape index (κ1) is 17.0. The number of carbonyl (C=O) groups is 1. The van der Waals surface area contributed by atoms with Crippen LogP contribution in [0.2, 0.25) is 0 Å². The van der Waals surface area contributed by atoms with Crippen LogP contribution in [0.1, 0.15) is 18.1 Å². The fourth-order valence-corrected chi connectivity index (χ4v) is 2.39. The van der Waals surface area contributed by atoms with Gasteiger partial charge in [0.15, 0.2) is 0 Å². The van der Waals surface area contributed by atoms with Gasteiger partial charge in [-0.3, -0.25) is 4.79 Å². The number of aliphatic hydroxyl groups is 1. The number of rotatable bonds is 6. The van der Waals surface area contributed by atoms with E-state index in [0.29, 0.717) is 6.54 Å². The monoisotopic (exact) mass is 316 g/mol. The van der Waals surface area contributed by atoms with E-state index in [9.17, 15) is 9.18 Å². The summed E-state index contributed by atoms with van der Waals surface area (Å²) in [4.78, 5) is 14.0. The summed E-state index contributed by atoms with van der Waals surface area (Å²) >= 11 is 0. The Morgan fingerprint density at radius 3 is 2.61 bits per heavy atom. The molecule has 0 aliphatic carbocycles. The number of halogens is 1. The highest BCUT2D eigenvalue weighted by molar-refractivity contribution is 5.84. The second-order valence-electron chi connectivity index (χ2n) is 5.55. The average molecular weight is 316 g/mol. The van der Waals surface area contributed by atoms with Crippen molar-refractivity contribution in [1.29, 1.82) is 0 Å². The minimum absolute atomic E-state index is 0.0443. The van der Waals surface area contributed by atoms with Crippen LogP contribution < -0.4 is 5.32 Å². The minimum atomic E-state index is -0.428. The highest BCUT2D eigenvalue weighted by Gasteiger charge is 2.17. The van der Waals surface area contributed by atoms with Crippen molar-refractivity contribution in [2.24, 2.45) is 0 Å². The van der Waals surface area contributed by atoms with E-state index in [0.717, 1.165) is 16.8 Å². The maximum Gasteiger partial charge on any atom is 0.244 e. The molecule has 0 radical (unpaired) electrons. The molecule has 2 rings (SSSR count). The summed E-state index contributed by atoms with van der Waals surface area (Å²) < 4.78 is 13.2. The van der Waals surface area contributed by atoms with Gasteiger partial charge in [0, 0.05) is 19.3 Å². The van der Waals surface area contributed by atoms with Gasteiger partial charge >= 0.3 is 0 Å². The third-order valence-electron chi connectivity index (χ3n) is 3.55. The molecular weight excluding hydrogens is 295 g/mol. The zero-order valence-electron chi connectivity index (χ0n) is 13.3. The molecule has 2 aromatic carbocycles. The molecule has 0 heterocycles. The van der Waals surface area contributed by atoms with E-state index < -0.39 is 6.04 Å². The summed E-state index contributed by atoms with van der Waals surface area (Å²) in [6.07, 6.45) is 0. The third-order valence-corrected chi connectivity index (χ3v) is 3.55. The maximum atomic E-state index is 13.2.